The van der Waals surface area contributed by atoms with E-state index in [9.17, 15) is 4.79 Å². The quantitative estimate of drug-likeness (QED) is 0.638. The van der Waals surface area contributed by atoms with Crippen LogP contribution in [0.2, 0.25) is 0 Å². The van der Waals surface area contributed by atoms with E-state index < -0.39 is 0 Å². The molecule has 0 radical (unpaired) electrons. The van der Waals surface area contributed by atoms with Crippen molar-refractivity contribution in [3.63, 3.8) is 0 Å². The van der Waals surface area contributed by atoms with E-state index in [0.717, 1.165) is 13.0 Å². The third-order valence-corrected chi connectivity index (χ3v) is 3.35. The van der Waals surface area contributed by atoms with E-state index in [-0.39, 0.29) is 11.9 Å². The molecule has 3 N–H and O–H groups in total. The maximum absolute atomic E-state index is 11.4. The first-order valence-corrected chi connectivity index (χ1v) is 5.48. The van der Waals surface area contributed by atoms with Gasteiger partial charge in [0.1, 0.15) is 0 Å². The Morgan fingerprint density at radius 2 is 2.29 bits per heavy atom. The van der Waals surface area contributed by atoms with Crippen molar-refractivity contribution in [2.24, 2.45) is 5.73 Å². The van der Waals surface area contributed by atoms with Crippen LogP contribution in [0.4, 0.5) is 0 Å². The van der Waals surface area contributed by atoms with Crippen LogP contribution in [0.1, 0.15) is 26.2 Å². The van der Waals surface area contributed by atoms with E-state index in [1.54, 1.807) is 6.92 Å². The van der Waals surface area contributed by atoms with Gasteiger partial charge >= 0.3 is 0 Å². The second-order valence-corrected chi connectivity index (χ2v) is 4.44. The number of hydrogen-bond donors (Lipinski definition) is 2. The minimum atomic E-state index is -0.384. The highest BCUT2D eigenvalue weighted by Crippen LogP contribution is 2.27. The van der Waals surface area contributed by atoms with Gasteiger partial charge < -0.3 is 11.1 Å². The van der Waals surface area contributed by atoms with Crippen molar-refractivity contribution < 1.29 is 4.79 Å². The molecule has 2 aliphatic rings. The van der Waals surface area contributed by atoms with E-state index in [1.165, 1.54) is 19.4 Å². The fourth-order valence-electron chi connectivity index (χ4n) is 2.57. The smallest absolute Gasteiger partial charge is 0.236 e. The lowest BCUT2D eigenvalue weighted by atomic mass is 10.1. The third-order valence-electron chi connectivity index (χ3n) is 3.35. The Kier molecular flexibility index (Phi) is 2.74. The molecule has 4 heteroatoms. The molecule has 2 unspecified atom stereocenters. The molecule has 0 bridgehead atoms. The van der Waals surface area contributed by atoms with Crippen molar-refractivity contribution in [2.45, 2.75) is 44.3 Å². The molecule has 4 nitrogen and oxygen atoms in total. The van der Waals surface area contributed by atoms with Gasteiger partial charge in [-0.25, -0.2) is 0 Å². The normalized spacial score (nSPS) is 34.1. The number of hydrogen-bond acceptors (Lipinski definition) is 3. The summed E-state index contributed by atoms with van der Waals surface area (Å²) in [4.78, 5) is 13.9. The molecule has 2 fully saturated rings. The number of carbonyl (C=O) groups excluding carboxylic acids is 1. The summed E-state index contributed by atoms with van der Waals surface area (Å²) in [5, 5.41) is 3.04. The zero-order valence-corrected chi connectivity index (χ0v) is 8.70. The van der Waals surface area contributed by atoms with Gasteiger partial charge in [-0.15, -0.1) is 0 Å². The second-order valence-electron chi connectivity index (χ2n) is 4.44. The number of nitrogens with two attached hydrogens (primary N) is 1. The molecule has 14 heavy (non-hydrogen) atoms. The maximum atomic E-state index is 11.4. The molecule has 0 aliphatic carbocycles. The summed E-state index contributed by atoms with van der Waals surface area (Å²) in [6.07, 6.45) is 3.59. The van der Waals surface area contributed by atoms with E-state index in [0.29, 0.717) is 12.1 Å². The minimum Gasteiger partial charge on any atom is -0.350 e. The lowest BCUT2D eigenvalue weighted by Gasteiger charge is -2.22. The lowest BCUT2D eigenvalue weighted by molar-refractivity contribution is -0.122. The van der Waals surface area contributed by atoms with E-state index in [1.807, 2.05) is 0 Å². The van der Waals surface area contributed by atoms with Gasteiger partial charge in [-0.2, -0.15) is 0 Å². The van der Waals surface area contributed by atoms with Crippen molar-refractivity contribution >= 4 is 5.91 Å². The Morgan fingerprint density at radius 3 is 3.00 bits per heavy atom. The van der Waals surface area contributed by atoms with Gasteiger partial charge in [0.05, 0.1) is 6.04 Å². The number of carbonyl (C=O) groups is 1. The zero-order valence-electron chi connectivity index (χ0n) is 8.70. The predicted octanol–water partition coefficient (Wildman–Crippen LogP) is -0.313. The van der Waals surface area contributed by atoms with Crippen LogP contribution in [0.25, 0.3) is 0 Å². The molecule has 0 saturated carbocycles. The molecule has 0 spiro atoms. The highest BCUT2D eigenvalue weighted by Gasteiger charge is 2.37. The predicted molar refractivity (Wildman–Crippen MR) is 54.8 cm³/mol. The SMILES string of the molecule is C[C@@H](N)C(=O)NC1CCN2CCCC12. The van der Waals surface area contributed by atoms with Crippen LogP contribution < -0.4 is 11.1 Å². The van der Waals surface area contributed by atoms with Gasteiger partial charge in [0.2, 0.25) is 5.91 Å². The molecular weight excluding hydrogens is 178 g/mol. The molecule has 2 saturated heterocycles. The molecule has 0 aromatic rings. The van der Waals surface area contributed by atoms with E-state index in [4.69, 9.17) is 5.73 Å². The molecule has 80 valence electrons. The summed E-state index contributed by atoms with van der Waals surface area (Å²) in [5.41, 5.74) is 5.53. The summed E-state index contributed by atoms with van der Waals surface area (Å²) >= 11 is 0. The van der Waals surface area contributed by atoms with Crippen molar-refractivity contribution in [1.82, 2.24) is 10.2 Å². The van der Waals surface area contributed by atoms with Crippen LogP contribution in [0.3, 0.4) is 0 Å². The summed E-state index contributed by atoms with van der Waals surface area (Å²) in [7, 11) is 0. The fourth-order valence-corrected chi connectivity index (χ4v) is 2.57. The first-order valence-electron chi connectivity index (χ1n) is 5.48. The number of nitrogens with one attached hydrogen (secondary N) is 1. The minimum absolute atomic E-state index is 0.0104. The first kappa shape index (κ1) is 9.93. The summed E-state index contributed by atoms with van der Waals surface area (Å²) in [6, 6.07) is 0.541. The molecule has 2 heterocycles. The molecule has 0 aromatic carbocycles. The largest absolute Gasteiger partial charge is 0.350 e. The molecule has 2 rings (SSSR count). The molecular formula is C10H19N3O. The second kappa shape index (κ2) is 3.87. The Labute approximate surface area is 84.8 Å². The number of rotatable bonds is 2. The van der Waals surface area contributed by atoms with Crippen LogP contribution in [0.5, 0.6) is 0 Å². The van der Waals surface area contributed by atoms with E-state index >= 15 is 0 Å². The average Bonchev–Trinajstić information content (AvgIpc) is 2.69. The van der Waals surface area contributed by atoms with E-state index in [2.05, 4.69) is 10.2 Å². The summed E-state index contributed by atoms with van der Waals surface area (Å²) in [6.45, 7) is 4.07. The maximum Gasteiger partial charge on any atom is 0.236 e. The summed E-state index contributed by atoms with van der Waals surface area (Å²) in [5.74, 6) is -0.0104. The molecule has 1 amide bonds. The van der Waals surface area contributed by atoms with Gasteiger partial charge in [-0.1, -0.05) is 0 Å². The van der Waals surface area contributed by atoms with Gasteiger partial charge in [0, 0.05) is 18.6 Å². The average molecular weight is 197 g/mol. The van der Waals surface area contributed by atoms with Gasteiger partial charge in [-0.3, -0.25) is 9.69 Å². The topological polar surface area (TPSA) is 58.4 Å². The monoisotopic (exact) mass is 197 g/mol. The van der Waals surface area contributed by atoms with Gasteiger partial charge in [0.15, 0.2) is 0 Å². The fraction of sp³-hybridized carbons (Fsp3) is 0.900. The zero-order chi connectivity index (χ0) is 10.1. The highest BCUT2D eigenvalue weighted by molar-refractivity contribution is 5.81. The van der Waals surface area contributed by atoms with Crippen molar-refractivity contribution in [2.75, 3.05) is 13.1 Å². The van der Waals surface area contributed by atoms with Crippen LogP contribution in [0, 0.1) is 0 Å². The third kappa shape index (κ3) is 1.77. The lowest BCUT2D eigenvalue weighted by Crippen LogP contribution is -2.47. The van der Waals surface area contributed by atoms with Crippen molar-refractivity contribution in [3.8, 4) is 0 Å². The Morgan fingerprint density at radius 1 is 1.50 bits per heavy atom. The Bertz CT molecular complexity index is 229. The number of nitrogens with zero attached hydrogens (tertiary/aromatic N) is 1. The molecule has 3 atom stereocenters. The first-order chi connectivity index (χ1) is 6.68. The van der Waals surface area contributed by atoms with Crippen molar-refractivity contribution in [3.05, 3.63) is 0 Å². The summed E-state index contributed by atoms with van der Waals surface area (Å²) < 4.78 is 0. The van der Waals surface area contributed by atoms with Crippen LogP contribution >= 0.6 is 0 Å². The molecule has 2 aliphatic heterocycles. The van der Waals surface area contributed by atoms with Gasteiger partial charge in [-0.05, 0) is 32.7 Å². The highest BCUT2D eigenvalue weighted by atomic mass is 16.2. The Hall–Kier alpha value is -0.610. The molecule has 0 aromatic heterocycles. The van der Waals surface area contributed by atoms with Gasteiger partial charge in [0.25, 0.3) is 0 Å². The van der Waals surface area contributed by atoms with Crippen molar-refractivity contribution in [1.29, 1.82) is 0 Å². The van der Waals surface area contributed by atoms with Crippen LogP contribution in [-0.4, -0.2) is 42.0 Å². The number of amides is 1. The Balaban J connectivity index is 1.90. The standard InChI is InChI=1S/C10H19N3O/c1-7(11)10(14)12-8-4-6-13-5-2-3-9(8)13/h7-9H,2-6,11H2,1H3,(H,12,14)/t7-,8?,9?/m1/s1. The van der Waals surface area contributed by atoms with Crippen LogP contribution in [-0.2, 0) is 4.79 Å². The number of fused-ring (bicyclic) bond motifs is 1. The van der Waals surface area contributed by atoms with Crippen LogP contribution in [0.15, 0.2) is 0 Å².